The molecule has 0 saturated heterocycles. The number of hydrogen-bond donors (Lipinski definition) is 2. The third kappa shape index (κ3) is 4.08. The molecule has 2 N–H and O–H groups in total. The Bertz CT molecular complexity index is 264. The van der Waals surface area contributed by atoms with Crippen LogP contribution in [0.3, 0.4) is 0 Å². The summed E-state index contributed by atoms with van der Waals surface area (Å²) >= 11 is 0. The van der Waals surface area contributed by atoms with Crippen LogP contribution in [0.4, 0.5) is 4.79 Å². The maximum atomic E-state index is 11.8. The first-order valence-corrected chi connectivity index (χ1v) is 5.80. The van der Waals surface area contributed by atoms with Crippen LogP contribution in [0.5, 0.6) is 0 Å². The third-order valence-electron chi connectivity index (χ3n) is 2.84. The molecule has 1 atom stereocenters. The van der Waals surface area contributed by atoms with Crippen LogP contribution in [0.2, 0.25) is 0 Å². The lowest BCUT2D eigenvalue weighted by Gasteiger charge is -2.27. The number of aliphatic carboxylic acids is 1. The molecule has 1 fully saturated rings. The maximum Gasteiger partial charge on any atom is 0.317 e. The number of nitrogens with zero attached hydrogens (tertiary/aromatic N) is 1. The summed E-state index contributed by atoms with van der Waals surface area (Å²) < 4.78 is 0. The van der Waals surface area contributed by atoms with Crippen LogP contribution in [0.1, 0.15) is 33.1 Å². The molecule has 0 aromatic heterocycles. The Morgan fingerprint density at radius 3 is 2.56 bits per heavy atom. The highest BCUT2D eigenvalue weighted by atomic mass is 16.4. The topological polar surface area (TPSA) is 69.6 Å². The fourth-order valence-corrected chi connectivity index (χ4v) is 1.67. The first-order valence-electron chi connectivity index (χ1n) is 5.80. The first kappa shape index (κ1) is 12.8. The zero-order chi connectivity index (χ0) is 12.1. The summed E-state index contributed by atoms with van der Waals surface area (Å²) in [4.78, 5) is 23.9. The minimum Gasteiger partial charge on any atom is -0.481 e. The average molecular weight is 228 g/mol. The second kappa shape index (κ2) is 5.72. The van der Waals surface area contributed by atoms with Gasteiger partial charge in [0.25, 0.3) is 0 Å². The smallest absolute Gasteiger partial charge is 0.317 e. The van der Waals surface area contributed by atoms with Gasteiger partial charge in [-0.25, -0.2) is 4.79 Å². The van der Waals surface area contributed by atoms with Crippen molar-refractivity contribution in [2.75, 3.05) is 13.1 Å². The fraction of sp³-hybridized carbons (Fsp3) is 0.818. The van der Waals surface area contributed by atoms with Crippen LogP contribution in [-0.2, 0) is 4.79 Å². The van der Waals surface area contributed by atoms with Crippen molar-refractivity contribution >= 4 is 12.0 Å². The van der Waals surface area contributed by atoms with Gasteiger partial charge in [0.1, 0.15) is 0 Å². The maximum absolute atomic E-state index is 11.8. The largest absolute Gasteiger partial charge is 0.481 e. The summed E-state index contributed by atoms with van der Waals surface area (Å²) in [5.74, 6) is -0.238. The lowest BCUT2D eigenvalue weighted by atomic mass is 10.2. The molecule has 92 valence electrons. The highest BCUT2D eigenvalue weighted by molar-refractivity contribution is 5.75. The molecule has 1 rings (SSSR count). The normalized spacial score (nSPS) is 16.6. The van der Waals surface area contributed by atoms with Gasteiger partial charge in [0.2, 0.25) is 0 Å². The Hall–Kier alpha value is -1.26. The van der Waals surface area contributed by atoms with Crippen LogP contribution in [-0.4, -0.2) is 41.1 Å². The zero-order valence-electron chi connectivity index (χ0n) is 9.90. The second-order valence-electron chi connectivity index (χ2n) is 4.36. The molecule has 0 aliphatic heterocycles. The van der Waals surface area contributed by atoms with E-state index in [0.717, 1.165) is 6.54 Å². The number of nitrogens with one attached hydrogen (secondary N) is 1. The highest BCUT2D eigenvalue weighted by Gasteiger charge is 2.24. The predicted octanol–water partition coefficient (Wildman–Crippen LogP) is 1.29. The number of carbonyl (C=O) groups is 2. The van der Waals surface area contributed by atoms with Crippen molar-refractivity contribution in [3.8, 4) is 0 Å². The van der Waals surface area contributed by atoms with Gasteiger partial charge in [-0.05, 0) is 32.6 Å². The average Bonchev–Trinajstić information content (AvgIpc) is 2.97. The molecule has 0 spiro atoms. The van der Waals surface area contributed by atoms with Gasteiger partial charge in [0.05, 0.1) is 6.42 Å². The van der Waals surface area contributed by atoms with Gasteiger partial charge in [-0.3, -0.25) is 4.79 Å². The van der Waals surface area contributed by atoms with Gasteiger partial charge < -0.3 is 15.3 Å². The summed E-state index contributed by atoms with van der Waals surface area (Å²) in [7, 11) is 0. The monoisotopic (exact) mass is 228 g/mol. The van der Waals surface area contributed by atoms with E-state index in [2.05, 4.69) is 5.32 Å². The molecule has 5 nitrogen and oxygen atoms in total. The lowest BCUT2D eigenvalue weighted by Crippen LogP contribution is -2.46. The Morgan fingerprint density at radius 1 is 1.50 bits per heavy atom. The minimum absolute atomic E-state index is 0.00924. The number of urea groups is 1. The van der Waals surface area contributed by atoms with E-state index in [-0.39, 0.29) is 18.5 Å². The van der Waals surface area contributed by atoms with Crippen LogP contribution in [0, 0.1) is 5.92 Å². The van der Waals surface area contributed by atoms with Crippen LogP contribution < -0.4 is 5.32 Å². The SMILES string of the molecule is CCN(C(=O)NCC1CC1)C(C)CC(=O)O. The number of hydrogen-bond acceptors (Lipinski definition) is 2. The summed E-state index contributed by atoms with van der Waals surface area (Å²) in [6, 6.07) is -0.412. The zero-order valence-corrected chi connectivity index (χ0v) is 9.90. The molecule has 16 heavy (non-hydrogen) atoms. The molecule has 2 amide bonds. The summed E-state index contributed by atoms with van der Waals surface area (Å²) in [6.45, 7) is 4.86. The number of amides is 2. The Balaban J connectivity index is 2.37. The Labute approximate surface area is 95.8 Å². The lowest BCUT2D eigenvalue weighted by molar-refractivity contribution is -0.138. The van der Waals surface area contributed by atoms with Crippen LogP contribution in [0.25, 0.3) is 0 Å². The van der Waals surface area contributed by atoms with E-state index in [1.165, 1.54) is 12.8 Å². The number of carboxylic acid groups (broad SMARTS) is 1. The van der Waals surface area contributed by atoms with Crippen molar-refractivity contribution in [2.24, 2.45) is 5.92 Å². The molecule has 0 aromatic rings. The number of carboxylic acids is 1. The van der Waals surface area contributed by atoms with Crippen LogP contribution in [0.15, 0.2) is 0 Å². The molecule has 1 aliphatic carbocycles. The third-order valence-corrected chi connectivity index (χ3v) is 2.84. The molecule has 1 aliphatic rings. The van der Waals surface area contributed by atoms with Gasteiger partial charge in [0, 0.05) is 19.1 Å². The molecule has 0 aromatic carbocycles. The molecular formula is C11H20N2O3. The van der Waals surface area contributed by atoms with Gasteiger partial charge in [-0.15, -0.1) is 0 Å². The van der Waals surface area contributed by atoms with E-state index in [0.29, 0.717) is 12.5 Å². The summed E-state index contributed by atoms with van der Waals surface area (Å²) in [5.41, 5.74) is 0. The van der Waals surface area contributed by atoms with Gasteiger partial charge in [0.15, 0.2) is 0 Å². The van der Waals surface area contributed by atoms with Crippen molar-refractivity contribution in [2.45, 2.75) is 39.2 Å². The molecule has 0 bridgehead atoms. The first-order chi connectivity index (χ1) is 7.54. The van der Waals surface area contributed by atoms with Crippen LogP contribution >= 0.6 is 0 Å². The van der Waals surface area contributed by atoms with Crippen molar-refractivity contribution < 1.29 is 14.7 Å². The van der Waals surface area contributed by atoms with Gasteiger partial charge >= 0.3 is 12.0 Å². The standard InChI is InChI=1S/C11H20N2O3/c1-3-13(8(2)6-10(14)15)11(16)12-7-9-4-5-9/h8-9H,3-7H2,1-2H3,(H,12,16)(H,14,15). The van der Waals surface area contributed by atoms with E-state index in [1.807, 2.05) is 6.92 Å². The van der Waals surface area contributed by atoms with Gasteiger partial charge in [-0.1, -0.05) is 0 Å². The quantitative estimate of drug-likeness (QED) is 0.719. The predicted molar refractivity (Wildman–Crippen MR) is 60.2 cm³/mol. The Kier molecular flexibility index (Phi) is 4.58. The van der Waals surface area contributed by atoms with Crippen molar-refractivity contribution in [3.63, 3.8) is 0 Å². The molecule has 1 unspecified atom stereocenters. The summed E-state index contributed by atoms with van der Waals surface area (Å²) in [5, 5.41) is 11.5. The minimum atomic E-state index is -0.874. The number of carbonyl (C=O) groups excluding carboxylic acids is 1. The molecule has 1 saturated carbocycles. The Morgan fingerprint density at radius 2 is 2.12 bits per heavy atom. The molecule has 0 radical (unpaired) electrons. The highest BCUT2D eigenvalue weighted by Crippen LogP contribution is 2.27. The molecule has 5 heteroatoms. The van der Waals surface area contributed by atoms with E-state index in [9.17, 15) is 9.59 Å². The fourth-order valence-electron chi connectivity index (χ4n) is 1.67. The van der Waals surface area contributed by atoms with E-state index in [4.69, 9.17) is 5.11 Å². The number of rotatable bonds is 6. The molecular weight excluding hydrogens is 208 g/mol. The molecule has 0 heterocycles. The van der Waals surface area contributed by atoms with E-state index >= 15 is 0 Å². The van der Waals surface area contributed by atoms with E-state index in [1.54, 1.807) is 11.8 Å². The summed E-state index contributed by atoms with van der Waals surface area (Å²) in [6.07, 6.45) is 2.37. The van der Waals surface area contributed by atoms with Crippen molar-refractivity contribution in [3.05, 3.63) is 0 Å². The van der Waals surface area contributed by atoms with Crippen molar-refractivity contribution in [1.82, 2.24) is 10.2 Å². The van der Waals surface area contributed by atoms with Crippen molar-refractivity contribution in [1.29, 1.82) is 0 Å². The second-order valence-corrected chi connectivity index (χ2v) is 4.36. The van der Waals surface area contributed by atoms with Gasteiger partial charge in [-0.2, -0.15) is 0 Å². The van der Waals surface area contributed by atoms with E-state index < -0.39 is 5.97 Å².